The van der Waals surface area contributed by atoms with E-state index < -0.39 is 5.60 Å². The zero-order valence-electron chi connectivity index (χ0n) is 14.5. The Hall–Kier alpha value is -1.04. The van der Waals surface area contributed by atoms with Gasteiger partial charge in [0.25, 0.3) is 5.91 Å². The number of carbonyl (C=O) groups excluding carboxylic acids is 1. The summed E-state index contributed by atoms with van der Waals surface area (Å²) < 4.78 is 0. The van der Waals surface area contributed by atoms with Gasteiger partial charge in [-0.15, -0.1) is 0 Å². The highest BCUT2D eigenvalue weighted by Gasteiger charge is 2.37. The van der Waals surface area contributed by atoms with Gasteiger partial charge in [0.1, 0.15) is 5.60 Å². The van der Waals surface area contributed by atoms with Crippen molar-refractivity contribution in [3.8, 4) is 0 Å². The lowest BCUT2D eigenvalue weighted by Gasteiger charge is -2.30. The standard InChI is InChI=1S/C19H28N2O2S/c1-15-6-10-21(11-7-15)14-16-2-4-17(5-3-16)20-18(22)19(23)8-12-24-13-9-19/h2-5,15,23H,6-14H2,1H3,(H,20,22). The highest BCUT2D eigenvalue weighted by Crippen LogP contribution is 2.28. The van der Waals surface area contributed by atoms with Gasteiger partial charge in [-0.2, -0.15) is 11.8 Å². The molecule has 2 N–H and O–H groups in total. The number of aliphatic hydroxyl groups is 1. The number of carbonyl (C=O) groups is 1. The van der Waals surface area contributed by atoms with Gasteiger partial charge in [-0.1, -0.05) is 19.1 Å². The molecule has 2 saturated heterocycles. The van der Waals surface area contributed by atoms with Gasteiger partial charge < -0.3 is 10.4 Å². The van der Waals surface area contributed by atoms with E-state index in [2.05, 4.69) is 29.3 Å². The maximum atomic E-state index is 12.3. The lowest BCUT2D eigenvalue weighted by molar-refractivity contribution is -0.134. The molecule has 1 aromatic rings. The molecule has 0 aromatic heterocycles. The van der Waals surface area contributed by atoms with E-state index in [1.807, 2.05) is 12.1 Å². The highest BCUT2D eigenvalue weighted by molar-refractivity contribution is 7.99. The molecule has 2 fully saturated rings. The molecular weight excluding hydrogens is 320 g/mol. The summed E-state index contributed by atoms with van der Waals surface area (Å²) in [5.74, 6) is 2.28. The number of hydrogen-bond acceptors (Lipinski definition) is 4. The van der Waals surface area contributed by atoms with Gasteiger partial charge >= 0.3 is 0 Å². The average Bonchev–Trinajstić information content (AvgIpc) is 2.59. The molecule has 1 amide bonds. The molecule has 3 rings (SSSR count). The summed E-state index contributed by atoms with van der Waals surface area (Å²) in [7, 11) is 0. The van der Waals surface area contributed by atoms with Gasteiger partial charge in [0.15, 0.2) is 0 Å². The van der Waals surface area contributed by atoms with Crippen LogP contribution in [0.3, 0.4) is 0 Å². The number of hydrogen-bond donors (Lipinski definition) is 2. The molecule has 0 atom stereocenters. The van der Waals surface area contributed by atoms with E-state index in [0.717, 1.165) is 29.7 Å². The molecule has 2 aliphatic heterocycles. The summed E-state index contributed by atoms with van der Waals surface area (Å²) in [6, 6.07) is 8.05. The van der Waals surface area contributed by atoms with Crippen molar-refractivity contribution in [1.82, 2.24) is 4.90 Å². The molecule has 1 aromatic carbocycles. The van der Waals surface area contributed by atoms with E-state index in [9.17, 15) is 9.90 Å². The molecule has 0 unspecified atom stereocenters. The van der Waals surface area contributed by atoms with Crippen LogP contribution in [0.1, 0.15) is 38.2 Å². The molecule has 2 heterocycles. The highest BCUT2D eigenvalue weighted by atomic mass is 32.2. The molecule has 0 bridgehead atoms. The third kappa shape index (κ3) is 4.52. The predicted molar refractivity (Wildman–Crippen MR) is 100 cm³/mol. The summed E-state index contributed by atoms with van der Waals surface area (Å²) in [6.45, 7) is 5.64. The third-order valence-electron chi connectivity index (χ3n) is 5.24. The largest absolute Gasteiger partial charge is 0.380 e. The fourth-order valence-electron chi connectivity index (χ4n) is 3.36. The van der Waals surface area contributed by atoms with E-state index in [1.54, 1.807) is 11.8 Å². The maximum Gasteiger partial charge on any atom is 0.256 e. The zero-order chi connectivity index (χ0) is 17.0. The minimum Gasteiger partial charge on any atom is -0.380 e. The van der Waals surface area contributed by atoms with Crippen LogP contribution in [0.25, 0.3) is 0 Å². The number of thioether (sulfide) groups is 1. The van der Waals surface area contributed by atoms with Crippen molar-refractivity contribution >= 4 is 23.4 Å². The molecule has 132 valence electrons. The summed E-state index contributed by atoms with van der Waals surface area (Å²) in [4.78, 5) is 14.8. The van der Waals surface area contributed by atoms with Gasteiger partial charge in [0.05, 0.1) is 0 Å². The smallest absolute Gasteiger partial charge is 0.256 e. The quantitative estimate of drug-likeness (QED) is 0.878. The van der Waals surface area contributed by atoms with Crippen molar-refractivity contribution < 1.29 is 9.90 Å². The lowest BCUT2D eigenvalue weighted by atomic mass is 9.95. The molecule has 5 heteroatoms. The SMILES string of the molecule is CC1CCN(Cc2ccc(NC(=O)C3(O)CCSCC3)cc2)CC1. The molecule has 24 heavy (non-hydrogen) atoms. The molecule has 0 saturated carbocycles. The lowest BCUT2D eigenvalue weighted by Crippen LogP contribution is -2.45. The average molecular weight is 349 g/mol. The number of piperidine rings is 1. The first kappa shape index (κ1) is 17.8. The fourth-order valence-corrected chi connectivity index (χ4v) is 4.52. The van der Waals surface area contributed by atoms with Crippen molar-refractivity contribution in [3.05, 3.63) is 29.8 Å². The first-order chi connectivity index (χ1) is 11.5. The number of nitrogens with zero attached hydrogens (tertiary/aromatic N) is 1. The second kappa shape index (κ2) is 7.89. The van der Waals surface area contributed by atoms with E-state index in [0.29, 0.717) is 12.8 Å². The van der Waals surface area contributed by atoms with Crippen LogP contribution >= 0.6 is 11.8 Å². The van der Waals surface area contributed by atoms with Crippen molar-refractivity contribution in [2.24, 2.45) is 5.92 Å². The minimum atomic E-state index is -1.20. The Bertz CT molecular complexity index is 547. The van der Waals surface area contributed by atoms with Crippen molar-refractivity contribution in [2.45, 2.75) is 44.8 Å². The van der Waals surface area contributed by atoms with Crippen LogP contribution < -0.4 is 5.32 Å². The summed E-state index contributed by atoms with van der Waals surface area (Å²) >= 11 is 1.79. The first-order valence-corrected chi connectivity index (χ1v) is 10.1. The Balaban J connectivity index is 1.53. The van der Waals surface area contributed by atoms with Gasteiger partial charge in [-0.3, -0.25) is 9.69 Å². The van der Waals surface area contributed by atoms with E-state index in [4.69, 9.17) is 0 Å². The van der Waals surface area contributed by atoms with Crippen LogP contribution in [0.5, 0.6) is 0 Å². The first-order valence-electron chi connectivity index (χ1n) is 8.98. The number of anilines is 1. The van der Waals surface area contributed by atoms with Crippen LogP contribution in [0.15, 0.2) is 24.3 Å². The van der Waals surface area contributed by atoms with Gasteiger partial charge in [0.2, 0.25) is 0 Å². The summed E-state index contributed by atoms with van der Waals surface area (Å²) in [6.07, 6.45) is 3.64. The Morgan fingerprint density at radius 1 is 1.25 bits per heavy atom. The number of amides is 1. The van der Waals surface area contributed by atoms with Crippen LogP contribution in [0.2, 0.25) is 0 Å². The van der Waals surface area contributed by atoms with E-state index in [-0.39, 0.29) is 5.91 Å². The van der Waals surface area contributed by atoms with Crippen LogP contribution in [0, 0.1) is 5.92 Å². The van der Waals surface area contributed by atoms with E-state index >= 15 is 0 Å². The number of rotatable bonds is 4. The number of benzene rings is 1. The zero-order valence-corrected chi connectivity index (χ0v) is 15.3. The molecular formula is C19H28N2O2S. The number of likely N-dealkylation sites (tertiary alicyclic amines) is 1. The molecule has 0 aliphatic carbocycles. The van der Waals surface area contributed by atoms with Crippen molar-refractivity contribution in [2.75, 3.05) is 29.9 Å². The second-order valence-corrected chi connectivity index (χ2v) is 8.48. The Kier molecular flexibility index (Phi) is 5.85. The summed E-state index contributed by atoms with van der Waals surface area (Å²) in [5.41, 5.74) is 0.840. The van der Waals surface area contributed by atoms with Gasteiger partial charge in [-0.25, -0.2) is 0 Å². The van der Waals surface area contributed by atoms with Crippen molar-refractivity contribution in [1.29, 1.82) is 0 Å². The maximum absolute atomic E-state index is 12.3. The Morgan fingerprint density at radius 3 is 2.50 bits per heavy atom. The molecule has 2 aliphatic rings. The topological polar surface area (TPSA) is 52.6 Å². The molecule has 4 nitrogen and oxygen atoms in total. The molecule has 0 spiro atoms. The van der Waals surface area contributed by atoms with Gasteiger partial charge in [0, 0.05) is 12.2 Å². The Labute approximate surface area is 149 Å². The Morgan fingerprint density at radius 2 is 1.88 bits per heavy atom. The van der Waals surface area contributed by atoms with Crippen LogP contribution in [-0.4, -0.2) is 46.1 Å². The van der Waals surface area contributed by atoms with Crippen molar-refractivity contribution in [3.63, 3.8) is 0 Å². The predicted octanol–water partition coefficient (Wildman–Crippen LogP) is 3.12. The number of nitrogens with one attached hydrogen (secondary N) is 1. The normalized spacial score (nSPS) is 22.2. The fraction of sp³-hybridized carbons (Fsp3) is 0.632. The summed E-state index contributed by atoms with van der Waals surface area (Å²) in [5, 5.41) is 13.3. The molecule has 0 radical (unpaired) electrons. The minimum absolute atomic E-state index is 0.263. The van der Waals surface area contributed by atoms with Crippen LogP contribution in [-0.2, 0) is 11.3 Å². The monoisotopic (exact) mass is 348 g/mol. The van der Waals surface area contributed by atoms with E-state index in [1.165, 1.54) is 31.5 Å². The van der Waals surface area contributed by atoms with Crippen LogP contribution in [0.4, 0.5) is 5.69 Å². The second-order valence-electron chi connectivity index (χ2n) is 7.25. The van der Waals surface area contributed by atoms with Gasteiger partial charge in [-0.05, 0) is 73.9 Å². The third-order valence-corrected chi connectivity index (χ3v) is 6.22.